The van der Waals surface area contributed by atoms with E-state index in [4.69, 9.17) is 9.97 Å². The fourth-order valence-electron chi connectivity index (χ4n) is 3.83. The number of nitrogens with one attached hydrogen (secondary N) is 1. The number of aromatic amines is 1. The van der Waals surface area contributed by atoms with Gasteiger partial charge in [0.15, 0.2) is 5.65 Å². The molecule has 0 spiro atoms. The summed E-state index contributed by atoms with van der Waals surface area (Å²) in [7, 11) is 0. The molecule has 5 heterocycles. The molecule has 0 atom stereocenters. The highest BCUT2D eigenvalue weighted by atomic mass is 32.1. The van der Waals surface area contributed by atoms with Crippen LogP contribution in [0.2, 0.25) is 0 Å². The molecule has 0 aliphatic heterocycles. The van der Waals surface area contributed by atoms with E-state index in [1.54, 1.807) is 36.0 Å². The lowest BCUT2D eigenvalue weighted by molar-refractivity contribution is 1.15. The lowest BCUT2D eigenvalue weighted by Gasteiger charge is -2.10. The Kier molecular flexibility index (Phi) is 4.51. The molecule has 5 aromatic heterocycles. The Morgan fingerprint density at radius 2 is 1.76 bits per heavy atom. The van der Waals surface area contributed by atoms with E-state index in [-0.39, 0.29) is 5.56 Å². The fourth-order valence-corrected chi connectivity index (χ4v) is 4.69. The van der Waals surface area contributed by atoms with Crippen LogP contribution in [-0.4, -0.2) is 29.9 Å². The van der Waals surface area contributed by atoms with Crippen molar-refractivity contribution in [3.63, 3.8) is 0 Å². The second kappa shape index (κ2) is 7.68. The number of hydrogen-bond donors (Lipinski definition) is 1. The van der Waals surface area contributed by atoms with Crippen LogP contribution in [0.15, 0.2) is 78.2 Å². The normalized spacial score (nSPS) is 11.3. The molecule has 0 aliphatic carbocycles. The summed E-state index contributed by atoms with van der Waals surface area (Å²) in [5, 5.41) is 1.02. The van der Waals surface area contributed by atoms with E-state index in [1.807, 2.05) is 30.3 Å². The molecule has 33 heavy (non-hydrogen) atoms. The van der Waals surface area contributed by atoms with Gasteiger partial charge in [0.2, 0.25) is 0 Å². The Bertz CT molecular complexity index is 1710. The van der Waals surface area contributed by atoms with E-state index in [1.165, 1.54) is 11.2 Å². The molecule has 0 aliphatic rings. The van der Waals surface area contributed by atoms with Gasteiger partial charge >= 0.3 is 0 Å². The van der Waals surface area contributed by atoms with E-state index in [9.17, 15) is 4.79 Å². The van der Waals surface area contributed by atoms with Crippen molar-refractivity contribution in [2.75, 3.05) is 0 Å². The van der Waals surface area contributed by atoms with Crippen molar-refractivity contribution >= 4 is 33.4 Å². The molecular weight excluding hydrogens is 432 g/mol. The minimum absolute atomic E-state index is 0.260. The largest absolute Gasteiger partial charge is 0.305 e. The van der Waals surface area contributed by atoms with E-state index < -0.39 is 0 Å². The van der Waals surface area contributed by atoms with Gasteiger partial charge in [-0.3, -0.25) is 9.78 Å². The predicted molar refractivity (Wildman–Crippen MR) is 130 cm³/mol. The van der Waals surface area contributed by atoms with Gasteiger partial charge < -0.3 is 4.98 Å². The minimum atomic E-state index is -0.260. The molecule has 0 saturated carbocycles. The van der Waals surface area contributed by atoms with Gasteiger partial charge in [-0.05, 0) is 43.3 Å². The highest BCUT2D eigenvalue weighted by Crippen LogP contribution is 2.35. The Hall–Kier alpha value is -4.30. The number of aryl methyl sites for hydroxylation is 1. The highest BCUT2D eigenvalue weighted by molar-refractivity contribution is 7.15. The van der Waals surface area contributed by atoms with Gasteiger partial charge in [0.25, 0.3) is 5.56 Å². The van der Waals surface area contributed by atoms with E-state index in [0.29, 0.717) is 22.3 Å². The smallest absolute Gasteiger partial charge is 0.257 e. The summed E-state index contributed by atoms with van der Waals surface area (Å²) in [4.78, 5) is 40.2. The second-order valence-corrected chi connectivity index (χ2v) is 8.90. The predicted octanol–water partition coefficient (Wildman–Crippen LogP) is 5.03. The summed E-state index contributed by atoms with van der Waals surface area (Å²) in [6.07, 6.45) is 6.43. The summed E-state index contributed by atoms with van der Waals surface area (Å²) < 4.78 is 0. The lowest BCUT2D eigenvalue weighted by atomic mass is 10.0. The van der Waals surface area contributed by atoms with Crippen LogP contribution in [0.3, 0.4) is 0 Å². The van der Waals surface area contributed by atoms with Gasteiger partial charge in [0.05, 0.1) is 21.7 Å². The van der Waals surface area contributed by atoms with E-state index >= 15 is 0 Å². The van der Waals surface area contributed by atoms with Gasteiger partial charge in [-0.15, -0.1) is 11.3 Å². The van der Waals surface area contributed by atoms with Gasteiger partial charge in [-0.1, -0.05) is 12.1 Å². The average Bonchev–Trinajstić information content (AvgIpc) is 3.29. The number of rotatable bonds is 3. The van der Waals surface area contributed by atoms with Crippen LogP contribution in [0.4, 0.5) is 0 Å². The first-order valence-corrected chi connectivity index (χ1v) is 11.1. The van der Waals surface area contributed by atoms with Gasteiger partial charge in [0, 0.05) is 40.0 Å². The molecule has 0 radical (unpaired) electrons. The third-order valence-electron chi connectivity index (χ3n) is 5.40. The third-order valence-corrected chi connectivity index (χ3v) is 6.41. The van der Waals surface area contributed by atoms with Gasteiger partial charge in [0.1, 0.15) is 17.5 Å². The van der Waals surface area contributed by atoms with Crippen LogP contribution in [-0.2, 0) is 0 Å². The van der Waals surface area contributed by atoms with Crippen LogP contribution in [0.1, 0.15) is 4.88 Å². The van der Waals surface area contributed by atoms with Gasteiger partial charge in [-0.2, -0.15) is 0 Å². The van der Waals surface area contributed by atoms with Crippen LogP contribution >= 0.6 is 11.3 Å². The number of thiophene rings is 1. The standard InChI is InChI=1S/C25H16N6OS/c1-14-4-7-21(33-14)23-22(16-5-6-19-15(9-16)3-2-8-28-19)29-20-10-18(17-11-26-13-27-12-17)25(32)31-24(20)30-23/h2-13H,1H3,(H,30,31,32). The number of aromatic nitrogens is 6. The molecule has 0 saturated heterocycles. The third kappa shape index (κ3) is 3.46. The molecule has 0 unspecified atom stereocenters. The number of H-pyrrole nitrogens is 1. The molecule has 6 aromatic rings. The molecule has 158 valence electrons. The topological polar surface area (TPSA) is 97.3 Å². The minimum Gasteiger partial charge on any atom is -0.305 e. The molecule has 6 rings (SSSR count). The van der Waals surface area contributed by atoms with Gasteiger partial charge in [-0.25, -0.2) is 19.9 Å². The van der Waals surface area contributed by atoms with Crippen molar-refractivity contribution in [1.29, 1.82) is 0 Å². The molecule has 0 bridgehead atoms. The monoisotopic (exact) mass is 448 g/mol. The molecule has 0 fully saturated rings. The van der Waals surface area contributed by atoms with E-state index in [0.717, 1.165) is 32.7 Å². The molecular formula is C25H16N6OS. The molecule has 8 heteroatoms. The maximum Gasteiger partial charge on any atom is 0.257 e. The van der Waals surface area contributed by atoms with Crippen LogP contribution in [0, 0.1) is 6.92 Å². The Morgan fingerprint density at radius 3 is 2.58 bits per heavy atom. The molecule has 1 aromatic carbocycles. The first-order valence-electron chi connectivity index (χ1n) is 10.3. The highest BCUT2D eigenvalue weighted by Gasteiger charge is 2.17. The Labute approximate surface area is 191 Å². The Balaban J connectivity index is 1.63. The van der Waals surface area contributed by atoms with Crippen molar-refractivity contribution in [2.24, 2.45) is 0 Å². The SMILES string of the molecule is Cc1ccc(-c2nc3[nH]c(=O)c(-c4cncnc4)cc3nc2-c2ccc3ncccc3c2)s1. The van der Waals surface area contributed by atoms with E-state index in [2.05, 4.69) is 39.0 Å². The van der Waals surface area contributed by atoms with Crippen LogP contribution in [0.25, 0.3) is 55.0 Å². The average molecular weight is 449 g/mol. The summed E-state index contributed by atoms with van der Waals surface area (Å²) in [6.45, 7) is 2.06. The zero-order chi connectivity index (χ0) is 22.4. The number of benzene rings is 1. The van der Waals surface area contributed by atoms with Crippen molar-refractivity contribution in [3.05, 3.63) is 88.7 Å². The summed E-state index contributed by atoms with van der Waals surface area (Å²) in [5.41, 5.74) is 5.17. The van der Waals surface area contributed by atoms with Crippen molar-refractivity contribution in [3.8, 4) is 33.0 Å². The number of pyridine rings is 2. The van der Waals surface area contributed by atoms with Crippen molar-refractivity contribution in [1.82, 2.24) is 29.9 Å². The lowest BCUT2D eigenvalue weighted by Crippen LogP contribution is -2.11. The first-order chi connectivity index (χ1) is 16.2. The number of hydrogen-bond acceptors (Lipinski definition) is 7. The zero-order valence-electron chi connectivity index (χ0n) is 17.5. The van der Waals surface area contributed by atoms with Crippen molar-refractivity contribution < 1.29 is 0 Å². The first kappa shape index (κ1) is 19.4. The second-order valence-electron chi connectivity index (χ2n) is 7.62. The number of nitrogens with zero attached hydrogens (tertiary/aromatic N) is 5. The summed E-state index contributed by atoms with van der Waals surface area (Å²) in [5.74, 6) is 0. The maximum absolute atomic E-state index is 12.8. The fraction of sp³-hybridized carbons (Fsp3) is 0.0400. The summed E-state index contributed by atoms with van der Waals surface area (Å²) >= 11 is 1.64. The van der Waals surface area contributed by atoms with Crippen LogP contribution < -0.4 is 5.56 Å². The molecule has 1 N–H and O–H groups in total. The molecule has 7 nitrogen and oxygen atoms in total. The Morgan fingerprint density at radius 1 is 0.879 bits per heavy atom. The zero-order valence-corrected chi connectivity index (χ0v) is 18.3. The number of fused-ring (bicyclic) bond motifs is 2. The molecule has 0 amide bonds. The quantitative estimate of drug-likeness (QED) is 0.408. The van der Waals surface area contributed by atoms with Crippen LogP contribution in [0.5, 0.6) is 0 Å². The van der Waals surface area contributed by atoms with Crippen molar-refractivity contribution in [2.45, 2.75) is 6.92 Å². The summed E-state index contributed by atoms with van der Waals surface area (Å²) in [6, 6.07) is 15.8. The maximum atomic E-state index is 12.8.